The largest absolute Gasteiger partial charge is 0.493 e. The highest BCUT2D eigenvalue weighted by atomic mass is 16.5. The van der Waals surface area contributed by atoms with Crippen LogP contribution >= 0.6 is 0 Å². The van der Waals surface area contributed by atoms with Crippen LogP contribution in [0, 0.1) is 0 Å². The number of rotatable bonds is 9. The standard InChI is InChI=1S/C23H25NO5/c1-27-21-11-10-16(14-22(21)28-2)12-13-24-15-19(25)23(26)29-20-9-5-7-17-6-3-4-8-18(17)20/h3-11,14,19,24-25H,12-13,15H2,1-2H3. The van der Waals surface area contributed by atoms with Crippen LogP contribution in [-0.4, -0.2) is 44.5 Å². The second kappa shape index (κ2) is 9.91. The lowest BCUT2D eigenvalue weighted by Crippen LogP contribution is -2.36. The van der Waals surface area contributed by atoms with Gasteiger partial charge in [0.2, 0.25) is 0 Å². The molecule has 0 aromatic heterocycles. The molecule has 0 saturated heterocycles. The number of aliphatic hydroxyl groups is 1. The van der Waals surface area contributed by atoms with Gasteiger partial charge in [0.1, 0.15) is 5.75 Å². The Morgan fingerprint density at radius 1 is 0.966 bits per heavy atom. The Bertz CT molecular complexity index is 967. The lowest BCUT2D eigenvalue weighted by molar-refractivity contribution is -0.143. The molecule has 0 fully saturated rings. The zero-order valence-corrected chi connectivity index (χ0v) is 16.6. The van der Waals surface area contributed by atoms with Crippen molar-refractivity contribution in [2.75, 3.05) is 27.3 Å². The number of fused-ring (bicyclic) bond motifs is 1. The highest BCUT2D eigenvalue weighted by Gasteiger charge is 2.18. The van der Waals surface area contributed by atoms with Gasteiger partial charge in [0, 0.05) is 11.9 Å². The third kappa shape index (κ3) is 5.25. The van der Waals surface area contributed by atoms with E-state index in [1.165, 1.54) is 0 Å². The predicted molar refractivity (Wildman–Crippen MR) is 112 cm³/mol. The molecule has 0 aliphatic rings. The monoisotopic (exact) mass is 395 g/mol. The number of carbonyl (C=O) groups excluding carboxylic acids is 1. The first-order chi connectivity index (χ1) is 14.1. The van der Waals surface area contributed by atoms with Crippen molar-refractivity contribution >= 4 is 16.7 Å². The number of aliphatic hydroxyl groups excluding tert-OH is 1. The van der Waals surface area contributed by atoms with Crippen LogP contribution < -0.4 is 19.5 Å². The third-order valence-electron chi connectivity index (χ3n) is 4.61. The van der Waals surface area contributed by atoms with Crippen molar-refractivity contribution in [2.24, 2.45) is 0 Å². The van der Waals surface area contributed by atoms with Crippen LogP contribution in [0.2, 0.25) is 0 Å². The highest BCUT2D eigenvalue weighted by molar-refractivity contribution is 5.90. The maximum Gasteiger partial charge on any atom is 0.341 e. The number of hydrogen-bond donors (Lipinski definition) is 2. The van der Waals surface area contributed by atoms with Gasteiger partial charge in [0.15, 0.2) is 17.6 Å². The van der Waals surface area contributed by atoms with Crippen LogP contribution in [-0.2, 0) is 11.2 Å². The zero-order valence-electron chi connectivity index (χ0n) is 16.6. The number of carbonyl (C=O) groups is 1. The second-order valence-corrected chi connectivity index (χ2v) is 6.56. The van der Waals surface area contributed by atoms with Gasteiger partial charge in [-0.1, -0.05) is 42.5 Å². The molecule has 1 unspecified atom stereocenters. The van der Waals surface area contributed by atoms with Gasteiger partial charge >= 0.3 is 5.97 Å². The fourth-order valence-electron chi connectivity index (χ4n) is 3.05. The summed E-state index contributed by atoms with van der Waals surface area (Å²) in [6.07, 6.45) is -0.537. The fourth-order valence-corrected chi connectivity index (χ4v) is 3.05. The normalized spacial score (nSPS) is 11.8. The number of esters is 1. The number of ether oxygens (including phenoxy) is 3. The van der Waals surface area contributed by atoms with E-state index in [0.29, 0.717) is 30.2 Å². The Labute approximate surface area is 170 Å². The molecule has 6 heteroatoms. The summed E-state index contributed by atoms with van der Waals surface area (Å²) >= 11 is 0. The fraction of sp³-hybridized carbons (Fsp3) is 0.261. The van der Waals surface area contributed by atoms with Crippen molar-refractivity contribution < 1.29 is 24.1 Å². The predicted octanol–water partition coefficient (Wildman–Crippen LogP) is 2.96. The van der Waals surface area contributed by atoms with Crippen LogP contribution in [0.1, 0.15) is 5.56 Å². The van der Waals surface area contributed by atoms with Gasteiger partial charge in [0.25, 0.3) is 0 Å². The van der Waals surface area contributed by atoms with E-state index in [1.807, 2.05) is 54.6 Å². The Balaban J connectivity index is 1.49. The Morgan fingerprint density at radius 3 is 2.52 bits per heavy atom. The van der Waals surface area contributed by atoms with Crippen molar-refractivity contribution in [1.82, 2.24) is 5.32 Å². The van der Waals surface area contributed by atoms with E-state index in [2.05, 4.69) is 5.32 Å². The minimum Gasteiger partial charge on any atom is -0.493 e. The quantitative estimate of drug-likeness (QED) is 0.330. The number of benzene rings is 3. The molecule has 29 heavy (non-hydrogen) atoms. The van der Waals surface area contributed by atoms with Gasteiger partial charge < -0.3 is 24.6 Å². The summed E-state index contributed by atoms with van der Waals surface area (Å²) in [6.45, 7) is 0.699. The van der Waals surface area contributed by atoms with Crippen LogP contribution in [0.4, 0.5) is 0 Å². The summed E-state index contributed by atoms with van der Waals surface area (Å²) in [5.74, 6) is 1.11. The van der Waals surface area contributed by atoms with E-state index in [0.717, 1.165) is 16.3 Å². The first kappa shape index (κ1) is 20.6. The SMILES string of the molecule is COc1ccc(CCNCC(O)C(=O)Oc2cccc3ccccc23)cc1OC. The summed E-state index contributed by atoms with van der Waals surface area (Å²) in [6, 6.07) is 18.8. The number of nitrogens with one attached hydrogen (secondary N) is 1. The number of methoxy groups -OCH3 is 2. The molecule has 3 aromatic carbocycles. The molecule has 3 rings (SSSR count). The maximum absolute atomic E-state index is 12.2. The molecule has 0 aliphatic carbocycles. The second-order valence-electron chi connectivity index (χ2n) is 6.56. The summed E-state index contributed by atoms with van der Waals surface area (Å²) in [7, 11) is 3.19. The molecular formula is C23H25NO5. The van der Waals surface area contributed by atoms with Gasteiger partial charge in [-0.3, -0.25) is 0 Å². The van der Waals surface area contributed by atoms with E-state index < -0.39 is 12.1 Å². The van der Waals surface area contributed by atoms with Crippen molar-refractivity contribution in [2.45, 2.75) is 12.5 Å². The molecule has 6 nitrogen and oxygen atoms in total. The molecule has 0 spiro atoms. The van der Waals surface area contributed by atoms with Gasteiger partial charge in [-0.15, -0.1) is 0 Å². The molecule has 0 bridgehead atoms. The van der Waals surface area contributed by atoms with Crippen molar-refractivity contribution in [3.05, 3.63) is 66.2 Å². The minimum absolute atomic E-state index is 0.108. The summed E-state index contributed by atoms with van der Waals surface area (Å²) in [4.78, 5) is 12.2. The molecule has 0 radical (unpaired) electrons. The average Bonchev–Trinajstić information content (AvgIpc) is 2.76. The lowest BCUT2D eigenvalue weighted by atomic mass is 10.1. The van der Waals surface area contributed by atoms with Crippen LogP contribution in [0.5, 0.6) is 17.2 Å². The van der Waals surface area contributed by atoms with Crippen LogP contribution in [0.25, 0.3) is 10.8 Å². The molecule has 3 aromatic rings. The van der Waals surface area contributed by atoms with Crippen LogP contribution in [0.3, 0.4) is 0 Å². The smallest absolute Gasteiger partial charge is 0.341 e. The molecule has 0 amide bonds. The molecule has 1 atom stereocenters. The van der Waals surface area contributed by atoms with E-state index in [-0.39, 0.29) is 6.54 Å². The minimum atomic E-state index is -1.25. The third-order valence-corrected chi connectivity index (χ3v) is 4.61. The van der Waals surface area contributed by atoms with Gasteiger partial charge in [-0.25, -0.2) is 4.79 Å². The zero-order chi connectivity index (χ0) is 20.6. The topological polar surface area (TPSA) is 77.0 Å². The van der Waals surface area contributed by atoms with Crippen molar-refractivity contribution in [3.63, 3.8) is 0 Å². The highest BCUT2D eigenvalue weighted by Crippen LogP contribution is 2.27. The first-order valence-electron chi connectivity index (χ1n) is 9.41. The molecular weight excluding hydrogens is 370 g/mol. The Kier molecular flexibility index (Phi) is 7.05. The summed E-state index contributed by atoms with van der Waals surface area (Å²) < 4.78 is 15.9. The Hall–Kier alpha value is -3.09. The first-order valence-corrected chi connectivity index (χ1v) is 9.41. The van der Waals surface area contributed by atoms with Crippen molar-refractivity contribution in [3.8, 4) is 17.2 Å². The molecule has 2 N–H and O–H groups in total. The van der Waals surface area contributed by atoms with Gasteiger partial charge in [0.05, 0.1) is 14.2 Å². The average molecular weight is 395 g/mol. The van der Waals surface area contributed by atoms with E-state index in [9.17, 15) is 9.90 Å². The number of hydrogen-bond acceptors (Lipinski definition) is 6. The molecule has 0 aliphatic heterocycles. The summed E-state index contributed by atoms with van der Waals surface area (Å²) in [5, 5.41) is 15.0. The maximum atomic E-state index is 12.2. The summed E-state index contributed by atoms with van der Waals surface area (Å²) in [5.41, 5.74) is 1.06. The van der Waals surface area contributed by atoms with Crippen molar-refractivity contribution in [1.29, 1.82) is 0 Å². The van der Waals surface area contributed by atoms with Gasteiger partial charge in [-0.2, -0.15) is 0 Å². The van der Waals surface area contributed by atoms with Crippen LogP contribution in [0.15, 0.2) is 60.7 Å². The molecule has 152 valence electrons. The molecule has 0 saturated carbocycles. The van der Waals surface area contributed by atoms with E-state index >= 15 is 0 Å². The Morgan fingerprint density at radius 2 is 1.72 bits per heavy atom. The lowest BCUT2D eigenvalue weighted by Gasteiger charge is -2.13. The van der Waals surface area contributed by atoms with Gasteiger partial charge in [-0.05, 0) is 42.1 Å². The van der Waals surface area contributed by atoms with E-state index in [4.69, 9.17) is 14.2 Å². The van der Waals surface area contributed by atoms with E-state index in [1.54, 1.807) is 20.3 Å². The molecule has 0 heterocycles.